The number of aromatic carboxylic acids is 1. The molecule has 0 amide bonds. The number of carbonyl (C=O) groups is 1. The molecule has 1 N–H and O–H groups in total. The minimum absolute atomic E-state index is 0.172. The van der Waals surface area contributed by atoms with E-state index in [0.29, 0.717) is 6.54 Å². The third-order valence-electron chi connectivity index (χ3n) is 2.31. The number of rotatable bonds is 7. The predicted molar refractivity (Wildman–Crippen MR) is 55.7 cm³/mol. The molecule has 5 heteroatoms. The minimum Gasteiger partial charge on any atom is -0.476 e. The minimum atomic E-state index is -0.964. The molecule has 0 aliphatic heterocycles. The van der Waals surface area contributed by atoms with Crippen LogP contribution in [0.25, 0.3) is 0 Å². The van der Waals surface area contributed by atoms with Crippen LogP contribution >= 0.6 is 0 Å². The van der Waals surface area contributed by atoms with Crippen molar-refractivity contribution in [2.75, 3.05) is 0 Å². The fourth-order valence-corrected chi connectivity index (χ4v) is 1.45. The monoisotopic (exact) mass is 211 g/mol. The van der Waals surface area contributed by atoms with Crippen LogP contribution in [0.4, 0.5) is 0 Å². The zero-order valence-electron chi connectivity index (χ0n) is 9.02. The molecule has 84 valence electrons. The molecule has 5 nitrogen and oxygen atoms in total. The number of carboxylic acids is 1. The third kappa shape index (κ3) is 3.69. The molecule has 1 aromatic rings. The quantitative estimate of drug-likeness (QED) is 0.700. The molecule has 0 bridgehead atoms. The molecule has 0 aliphatic rings. The second-order valence-corrected chi connectivity index (χ2v) is 3.56. The summed E-state index contributed by atoms with van der Waals surface area (Å²) in [5, 5.41) is 16.1. The van der Waals surface area contributed by atoms with E-state index >= 15 is 0 Å². The van der Waals surface area contributed by atoms with E-state index in [1.165, 1.54) is 30.1 Å². The van der Waals surface area contributed by atoms with Gasteiger partial charge in [0.25, 0.3) is 0 Å². The van der Waals surface area contributed by atoms with Crippen molar-refractivity contribution in [2.45, 2.75) is 45.6 Å². The van der Waals surface area contributed by atoms with Crippen LogP contribution in [-0.2, 0) is 6.54 Å². The van der Waals surface area contributed by atoms with Gasteiger partial charge < -0.3 is 5.11 Å². The summed E-state index contributed by atoms with van der Waals surface area (Å²) in [4.78, 5) is 10.7. The first-order chi connectivity index (χ1) is 7.25. The molecule has 0 saturated carbocycles. The predicted octanol–water partition coefficient (Wildman–Crippen LogP) is 1.95. The maximum atomic E-state index is 10.7. The molecule has 0 aromatic carbocycles. The van der Waals surface area contributed by atoms with Gasteiger partial charge >= 0.3 is 5.97 Å². The van der Waals surface area contributed by atoms with Crippen molar-refractivity contribution in [3.63, 3.8) is 0 Å². The van der Waals surface area contributed by atoms with Gasteiger partial charge in [-0.3, -0.25) is 0 Å². The number of nitrogens with zero attached hydrogens (tertiary/aromatic N) is 3. The molecule has 1 heterocycles. The molecule has 1 aromatic heterocycles. The van der Waals surface area contributed by atoms with Crippen LogP contribution in [0.3, 0.4) is 0 Å². The van der Waals surface area contributed by atoms with Crippen molar-refractivity contribution in [3.8, 4) is 0 Å². The van der Waals surface area contributed by atoms with Gasteiger partial charge in [0.2, 0.25) is 0 Å². The Kier molecular flexibility index (Phi) is 4.80. The van der Waals surface area contributed by atoms with E-state index in [-0.39, 0.29) is 5.69 Å². The Balaban J connectivity index is 2.31. The van der Waals surface area contributed by atoms with Crippen LogP contribution in [0, 0.1) is 0 Å². The van der Waals surface area contributed by atoms with E-state index in [2.05, 4.69) is 17.2 Å². The zero-order valence-corrected chi connectivity index (χ0v) is 9.02. The first-order valence-electron chi connectivity index (χ1n) is 5.37. The molecule has 0 saturated heterocycles. The fourth-order valence-electron chi connectivity index (χ4n) is 1.45. The summed E-state index contributed by atoms with van der Waals surface area (Å²) in [6, 6.07) is 0. The highest BCUT2D eigenvalue weighted by atomic mass is 16.4. The van der Waals surface area contributed by atoms with Gasteiger partial charge in [-0.05, 0) is 6.42 Å². The van der Waals surface area contributed by atoms with Crippen molar-refractivity contribution >= 4 is 5.97 Å². The Morgan fingerprint density at radius 1 is 1.40 bits per heavy atom. The van der Waals surface area contributed by atoms with Gasteiger partial charge in [-0.15, -0.1) is 5.10 Å². The topological polar surface area (TPSA) is 68.0 Å². The fraction of sp³-hybridized carbons (Fsp3) is 0.700. The number of carboxylic acid groups (broad SMARTS) is 1. The van der Waals surface area contributed by atoms with Crippen molar-refractivity contribution in [1.82, 2.24) is 15.0 Å². The average molecular weight is 211 g/mol. The largest absolute Gasteiger partial charge is 0.476 e. The lowest BCUT2D eigenvalue weighted by Gasteiger charge is -2.02. The zero-order chi connectivity index (χ0) is 11.1. The highest BCUT2D eigenvalue weighted by molar-refractivity contribution is 5.85. The standard InChI is InChI=1S/C10H17N3O2/c1-2-3-4-5-6-7-13-9(10(14)15)8-11-12-13/h8H,2-7H2,1H3,(H,14,15). The Morgan fingerprint density at radius 2 is 2.13 bits per heavy atom. The Bertz CT molecular complexity index is 309. The van der Waals surface area contributed by atoms with E-state index < -0.39 is 5.97 Å². The molecule has 15 heavy (non-hydrogen) atoms. The van der Waals surface area contributed by atoms with Crippen LogP contribution in [0.2, 0.25) is 0 Å². The first-order valence-corrected chi connectivity index (χ1v) is 5.37. The van der Waals surface area contributed by atoms with Crippen molar-refractivity contribution in [2.24, 2.45) is 0 Å². The summed E-state index contributed by atoms with van der Waals surface area (Å²) < 4.78 is 1.45. The maximum absolute atomic E-state index is 10.7. The van der Waals surface area contributed by atoms with E-state index in [1.807, 2.05) is 0 Å². The van der Waals surface area contributed by atoms with E-state index in [4.69, 9.17) is 5.11 Å². The molecule has 0 unspecified atom stereocenters. The van der Waals surface area contributed by atoms with Crippen molar-refractivity contribution in [1.29, 1.82) is 0 Å². The molecule has 0 fully saturated rings. The second-order valence-electron chi connectivity index (χ2n) is 3.56. The van der Waals surface area contributed by atoms with Gasteiger partial charge in [-0.25, -0.2) is 9.48 Å². The summed E-state index contributed by atoms with van der Waals surface area (Å²) in [6.45, 7) is 2.81. The summed E-state index contributed by atoms with van der Waals surface area (Å²) in [5.41, 5.74) is 0.172. The number of aromatic nitrogens is 3. The Hall–Kier alpha value is -1.39. The lowest BCUT2D eigenvalue weighted by Crippen LogP contribution is -2.10. The number of hydrogen-bond donors (Lipinski definition) is 1. The van der Waals surface area contributed by atoms with Gasteiger partial charge in [0, 0.05) is 6.54 Å². The number of aryl methyl sites for hydroxylation is 1. The van der Waals surface area contributed by atoms with E-state index in [9.17, 15) is 4.79 Å². The lowest BCUT2D eigenvalue weighted by molar-refractivity contribution is 0.0683. The maximum Gasteiger partial charge on any atom is 0.355 e. The van der Waals surface area contributed by atoms with Gasteiger partial charge in [0.1, 0.15) is 0 Å². The third-order valence-corrected chi connectivity index (χ3v) is 2.31. The number of unbranched alkanes of at least 4 members (excludes halogenated alkanes) is 4. The molecular weight excluding hydrogens is 194 g/mol. The van der Waals surface area contributed by atoms with Gasteiger partial charge in [0.05, 0.1) is 6.20 Å². The number of hydrogen-bond acceptors (Lipinski definition) is 3. The van der Waals surface area contributed by atoms with Gasteiger partial charge in [-0.1, -0.05) is 37.8 Å². The smallest absolute Gasteiger partial charge is 0.355 e. The second kappa shape index (κ2) is 6.16. The van der Waals surface area contributed by atoms with Crippen LogP contribution in [-0.4, -0.2) is 26.1 Å². The molecule has 0 spiro atoms. The first kappa shape index (κ1) is 11.7. The average Bonchev–Trinajstić information content (AvgIpc) is 2.66. The molecular formula is C10H17N3O2. The van der Waals surface area contributed by atoms with Crippen molar-refractivity contribution in [3.05, 3.63) is 11.9 Å². The SMILES string of the molecule is CCCCCCCn1nncc1C(=O)O. The van der Waals surface area contributed by atoms with Crippen molar-refractivity contribution < 1.29 is 9.90 Å². The summed E-state index contributed by atoms with van der Waals surface area (Å²) in [6.07, 6.45) is 7.02. The summed E-state index contributed by atoms with van der Waals surface area (Å²) >= 11 is 0. The van der Waals surface area contributed by atoms with E-state index in [0.717, 1.165) is 12.8 Å². The van der Waals surface area contributed by atoms with E-state index in [1.54, 1.807) is 0 Å². The van der Waals surface area contributed by atoms with Crippen LogP contribution in [0.1, 0.15) is 49.5 Å². The molecule has 0 atom stereocenters. The highest BCUT2D eigenvalue weighted by Gasteiger charge is 2.10. The Labute approximate surface area is 89.1 Å². The molecule has 0 aliphatic carbocycles. The highest BCUT2D eigenvalue weighted by Crippen LogP contribution is 2.05. The van der Waals surface area contributed by atoms with Crippen LogP contribution < -0.4 is 0 Å². The van der Waals surface area contributed by atoms with Gasteiger partial charge in [-0.2, -0.15) is 0 Å². The summed E-state index contributed by atoms with van der Waals surface area (Å²) in [5.74, 6) is -0.964. The Morgan fingerprint density at radius 3 is 2.80 bits per heavy atom. The van der Waals surface area contributed by atoms with Crippen LogP contribution in [0.15, 0.2) is 6.20 Å². The summed E-state index contributed by atoms with van der Waals surface area (Å²) in [7, 11) is 0. The molecule has 1 rings (SSSR count). The van der Waals surface area contributed by atoms with Crippen LogP contribution in [0.5, 0.6) is 0 Å². The normalized spacial score (nSPS) is 10.5. The lowest BCUT2D eigenvalue weighted by atomic mass is 10.1. The van der Waals surface area contributed by atoms with Gasteiger partial charge in [0.15, 0.2) is 5.69 Å². The molecule has 0 radical (unpaired) electrons.